The van der Waals surface area contributed by atoms with Crippen LogP contribution in [0.25, 0.3) is 0 Å². The third-order valence-electron chi connectivity index (χ3n) is 4.38. The van der Waals surface area contributed by atoms with E-state index in [0.717, 1.165) is 0 Å². The molecule has 1 atom stereocenters. The summed E-state index contributed by atoms with van der Waals surface area (Å²) < 4.78 is 0. The summed E-state index contributed by atoms with van der Waals surface area (Å²) in [7, 11) is 0. The van der Waals surface area contributed by atoms with E-state index in [2.05, 4.69) is 10.6 Å². The predicted molar refractivity (Wildman–Crippen MR) is 105 cm³/mol. The molecule has 3 amide bonds. The summed E-state index contributed by atoms with van der Waals surface area (Å²) in [6.45, 7) is 2.59. The topological polar surface area (TPSA) is 78.5 Å². The number of hydrogen-bond donors (Lipinski definition) is 2. The molecule has 0 saturated carbocycles. The van der Waals surface area contributed by atoms with Gasteiger partial charge in [-0.15, -0.1) is 0 Å². The van der Waals surface area contributed by atoms with Crippen molar-refractivity contribution in [2.75, 3.05) is 23.3 Å². The lowest BCUT2D eigenvalue weighted by Gasteiger charge is -2.17. The van der Waals surface area contributed by atoms with Crippen molar-refractivity contribution in [2.24, 2.45) is 5.92 Å². The maximum atomic E-state index is 12.7. The van der Waals surface area contributed by atoms with E-state index >= 15 is 0 Å². The van der Waals surface area contributed by atoms with Gasteiger partial charge in [0.1, 0.15) is 0 Å². The Morgan fingerprint density at radius 2 is 1.96 bits per heavy atom. The zero-order valence-electron chi connectivity index (χ0n) is 14.9. The molecule has 140 valence electrons. The molecule has 0 aliphatic carbocycles. The Balaban J connectivity index is 1.73. The number of para-hydroxylation sites is 1. The van der Waals surface area contributed by atoms with Crippen molar-refractivity contribution in [1.82, 2.24) is 5.32 Å². The fraction of sp³-hybridized carbons (Fsp3) is 0.250. The van der Waals surface area contributed by atoms with E-state index in [1.165, 1.54) is 0 Å². The summed E-state index contributed by atoms with van der Waals surface area (Å²) in [6.07, 6.45) is 0.113. The van der Waals surface area contributed by atoms with Gasteiger partial charge in [0, 0.05) is 30.2 Å². The van der Waals surface area contributed by atoms with Gasteiger partial charge in [0.25, 0.3) is 5.91 Å². The number of amides is 3. The highest BCUT2D eigenvalue weighted by atomic mass is 35.5. The fourth-order valence-electron chi connectivity index (χ4n) is 3.06. The smallest absolute Gasteiger partial charge is 0.253 e. The van der Waals surface area contributed by atoms with Crippen LogP contribution in [-0.2, 0) is 9.59 Å². The van der Waals surface area contributed by atoms with Crippen LogP contribution in [0.1, 0.15) is 23.7 Å². The van der Waals surface area contributed by atoms with Gasteiger partial charge in [-0.2, -0.15) is 0 Å². The number of hydrogen-bond acceptors (Lipinski definition) is 3. The number of carbonyl (C=O) groups is 3. The Kier molecular flexibility index (Phi) is 5.76. The molecule has 1 saturated heterocycles. The lowest BCUT2D eigenvalue weighted by Crippen LogP contribution is -2.29. The molecule has 1 fully saturated rings. The molecule has 6 nitrogen and oxygen atoms in total. The van der Waals surface area contributed by atoms with Crippen molar-refractivity contribution in [2.45, 2.75) is 13.3 Å². The van der Waals surface area contributed by atoms with E-state index in [0.29, 0.717) is 28.5 Å². The minimum atomic E-state index is -0.501. The minimum absolute atomic E-state index is 0.113. The Morgan fingerprint density at radius 3 is 2.70 bits per heavy atom. The zero-order chi connectivity index (χ0) is 19.4. The number of nitrogens with one attached hydrogen (secondary N) is 2. The lowest BCUT2D eigenvalue weighted by atomic mass is 10.1. The highest BCUT2D eigenvalue weighted by molar-refractivity contribution is 6.31. The number of nitrogens with zero attached hydrogens (tertiary/aromatic N) is 1. The summed E-state index contributed by atoms with van der Waals surface area (Å²) in [5.74, 6) is -1.17. The molecular weight excluding hydrogens is 366 g/mol. The molecule has 0 bridgehead atoms. The highest BCUT2D eigenvalue weighted by Crippen LogP contribution is 2.28. The van der Waals surface area contributed by atoms with E-state index < -0.39 is 5.92 Å². The Bertz CT molecular complexity index is 884. The highest BCUT2D eigenvalue weighted by Gasteiger charge is 2.35. The normalized spacial score (nSPS) is 16.3. The van der Waals surface area contributed by atoms with Crippen LogP contribution < -0.4 is 15.5 Å². The maximum Gasteiger partial charge on any atom is 0.253 e. The molecule has 0 aromatic heterocycles. The van der Waals surface area contributed by atoms with Crippen LogP contribution in [0, 0.1) is 5.92 Å². The van der Waals surface area contributed by atoms with Crippen LogP contribution in [0.5, 0.6) is 0 Å². The van der Waals surface area contributed by atoms with E-state index in [1.807, 2.05) is 6.92 Å². The molecule has 0 spiro atoms. The average Bonchev–Trinajstić information content (AvgIpc) is 3.04. The molecule has 2 aromatic rings. The SMILES string of the molecule is CCNC(=O)c1ccccc1NC(=O)[C@@H]1CC(=O)N(c2cccc(Cl)c2)C1. The van der Waals surface area contributed by atoms with Gasteiger partial charge in [-0.25, -0.2) is 0 Å². The first kappa shape index (κ1) is 18.9. The third kappa shape index (κ3) is 4.28. The van der Waals surface area contributed by atoms with Crippen LogP contribution >= 0.6 is 11.6 Å². The van der Waals surface area contributed by atoms with Crippen molar-refractivity contribution in [3.8, 4) is 0 Å². The van der Waals surface area contributed by atoms with Gasteiger partial charge in [-0.3, -0.25) is 14.4 Å². The van der Waals surface area contributed by atoms with Gasteiger partial charge in [-0.05, 0) is 37.3 Å². The Labute approximate surface area is 162 Å². The van der Waals surface area contributed by atoms with Gasteiger partial charge in [0.2, 0.25) is 11.8 Å². The second-order valence-electron chi connectivity index (χ2n) is 6.28. The summed E-state index contributed by atoms with van der Waals surface area (Å²) >= 11 is 5.99. The standard InChI is InChI=1S/C20H20ClN3O3/c1-2-22-20(27)16-8-3-4-9-17(16)23-19(26)13-10-18(25)24(12-13)15-7-5-6-14(21)11-15/h3-9,11,13H,2,10,12H2,1H3,(H,22,27)(H,23,26)/t13-/m1/s1. The average molecular weight is 386 g/mol. The van der Waals surface area contributed by atoms with Gasteiger partial charge in [-0.1, -0.05) is 29.8 Å². The Morgan fingerprint density at radius 1 is 1.19 bits per heavy atom. The summed E-state index contributed by atoms with van der Waals surface area (Å²) in [6, 6.07) is 13.8. The van der Waals surface area contributed by atoms with Gasteiger partial charge >= 0.3 is 0 Å². The third-order valence-corrected chi connectivity index (χ3v) is 4.62. The van der Waals surface area contributed by atoms with Crippen LogP contribution in [0.3, 0.4) is 0 Å². The second kappa shape index (κ2) is 8.22. The first-order valence-electron chi connectivity index (χ1n) is 8.73. The van der Waals surface area contributed by atoms with Crippen LogP contribution in [0.4, 0.5) is 11.4 Å². The zero-order valence-corrected chi connectivity index (χ0v) is 15.6. The van der Waals surface area contributed by atoms with Crippen molar-refractivity contribution in [1.29, 1.82) is 0 Å². The molecule has 0 unspecified atom stereocenters. The van der Waals surface area contributed by atoms with Gasteiger partial charge in [0.15, 0.2) is 0 Å². The largest absolute Gasteiger partial charge is 0.352 e. The monoisotopic (exact) mass is 385 g/mol. The summed E-state index contributed by atoms with van der Waals surface area (Å²) in [4.78, 5) is 38.8. The lowest BCUT2D eigenvalue weighted by molar-refractivity contribution is -0.122. The molecule has 1 aliphatic heterocycles. The summed E-state index contributed by atoms with van der Waals surface area (Å²) in [5.41, 5.74) is 1.50. The molecule has 1 aliphatic rings. The molecule has 2 aromatic carbocycles. The number of benzene rings is 2. The fourth-order valence-corrected chi connectivity index (χ4v) is 3.24. The number of carbonyl (C=O) groups excluding carboxylic acids is 3. The quantitative estimate of drug-likeness (QED) is 0.830. The van der Waals surface area contributed by atoms with Crippen molar-refractivity contribution < 1.29 is 14.4 Å². The molecule has 2 N–H and O–H groups in total. The van der Waals surface area contributed by atoms with Crippen LogP contribution in [0.15, 0.2) is 48.5 Å². The van der Waals surface area contributed by atoms with E-state index in [4.69, 9.17) is 11.6 Å². The first-order valence-corrected chi connectivity index (χ1v) is 9.11. The van der Waals surface area contributed by atoms with Crippen molar-refractivity contribution in [3.05, 3.63) is 59.1 Å². The molecule has 27 heavy (non-hydrogen) atoms. The molecule has 1 heterocycles. The molecule has 0 radical (unpaired) electrons. The van der Waals surface area contributed by atoms with Crippen molar-refractivity contribution >= 4 is 40.7 Å². The predicted octanol–water partition coefficient (Wildman–Crippen LogP) is 3.08. The van der Waals surface area contributed by atoms with Crippen LogP contribution in [-0.4, -0.2) is 30.8 Å². The minimum Gasteiger partial charge on any atom is -0.352 e. The molecule has 7 heteroatoms. The van der Waals surface area contributed by atoms with E-state index in [-0.39, 0.29) is 30.7 Å². The van der Waals surface area contributed by atoms with E-state index in [1.54, 1.807) is 53.4 Å². The van der Waals surface area contributed by atoms with E-state index in [9.17, 15) is 14.4 Å². The molecular formula is C20H20ClN3O3. The van der Waals surface area contributed by atoms with Gasteiger partial charge in [0.05, 0.1) is 17.2 Å². The number of halogens is 1. The van der Waals surface area contributed by atoms with Crippen LogP contribution in [0.2, 0.25) is 5.02 Å². The van der Waals surface area contributed by atoms with Crippen molar-refractivity contribution in [3.63, 3.8) is 0 Å². The van der Waals surface area contributed by atoms with Gasteiger partial charge < -0.3 is 15.5 Å². The second-order valence-corrected chi connectivity index (χ2v) is 6.72. The first-order chi connectivity index (χ1) is 13.0. The number of anilines is 2. The summed E-state index contributed by atoms with van der Waals surface area (Å²) in [5, 5.41) is 6.04. The maximum absolute atomic E-state index is 12.7. The Hall–Kier alpha value is -2.86. The molecule has 3 rings (SSSR count). The number of rotatable bonds is 5.